The first-order valence-electron chi connectivity index (χ1n) is 8.14. The van der Waals surface area contributed by atoms with E-state index >= 15 is 0 Å². The molecule has 0 amide bonds. The summed E-state index contributed by atoms with van der Waals surface area (Å²) < 4.78 is 2.11. The Morgan fingerprint density at radius 3 is 2.78 bits per heavy atom. The average molecular weight is 314 g/mol. The van der Waals surface area contributed by atoms with Crippen molar-refractivity contribution < 1.29 is 14.7 Å². The lowest BCUT2D eigenvalue weighted by Crippen LogP contribution is -2.49. The van der Waals surface area contributed by atoms with Crippen LogP contribution in [0.25, 0.3) is 10.9 Å². The van der Waals surface area contributed by atoms with E-state index in [-0.39, 0.29) is 5.78 Å². The molecule has 1 saturated heterocycles. The van der Waals surface area contributed by atoms with Gasteiger partial charge < -0.3 is 15.0 Å². The van der Waals surface area contributed by atoms with Crippen molar-refractivity contribution in [3.05, 3.63) is 35.5 Å². The lowest BCUT2D eigenvalue weighted by atomic mass is 9.85. The fraction of sp³-hybridized carbons (Fsp3) is 0.444. The highest BCUT2D eigenvalue weighted by Crippen LogP contribution is 2.29. The Kier molecular flexibility index (Phi) is 4.22. The molecule has 5 heteroatoms. The maximum absolute atomic E-state index is 13.1. The van der Waals surface area contributed by atoms with Crippen molar-refractivity contribution in [2.24, 2.45) is 5.92 Å². The van der Waals surface area contributed by atoms with Gasteiger partial charge in [-0.2, -0.15) is 0 Å². The highest BCUT2D eigenvalue weighted by molar-refractivity contribution is 6.12. The van der Waals surface area contributed by atoms with Gasteiger partial charge in [0.25, 0.3) is 0 Å². The van der Waals surface area contributed by atoms with Crippen molar-refractivity contribution in [3.8, 4) is 0 Å². The Morgan fingerprint density at radius 1 is 1.35 bits per heavy atom. The molecule has 1 aromatic carbocycles. The van der Waals surface area contributed by atoms with Crippen molar-refractivity contribution in [1.29, 1.82) is 0 Å². The molecule has 23 heavy (non-hydrogen) atoms. The van der Waals surface area contributed by atoms with Gasteiger partial charge in [0.15, 0.2) is 5.78 Å². The minimum atomic E-state index is -0.896. The molecule has 1 aromatic heterocycles. The summed E-state index contributed by atoms with van der Waals surface area (Å²) in [6.45, 7) is 5.45. The number of hydrogen-bond acceptors (Lipinski definition) is 3. The molecule has 1 fully saturated rings. The highest BCUT2D eigenvalue weighted by Gasteiger charge is 2.37. The van der Waals surface area contributed by atoms with Gasteiger partial charge in [0.1, 0.15) is 0 Å². The second kappa shape index (κ2) is 6.16. The number of aryl methyl sites for hydroxylation is 1. The monoisotopic (exact) mass is 314 g/mol. The van der Waals surface area contributed by atoms with Crippen molar-refractivity contribution >= 4 is 22.7 Å². The third-order valence-corrected chi connectivity index (χ3v) is 4.85. The minimum absolute atomic E-state index is 0.0991. The van der Waals surface area contributed by atoms with E-state index in [1.807, 2.05) is 38.1 Å². The zero-order valence-electron chi connectivity index (χ0n) is 13.5. The SMILES string of the molecule is CCn1c(C)c(C(=O)C2NCCCC2C(=O)O)c2ccccc21. The van der Waals surface area contributed by atoms with Crippen molar-refractivity contribution in [1.82, 2.24) is 9.88 Å². The van der Waals surface area contributed by atoms with E-state index in [4.69, 9.17) is 0 Å². The third-order valence-electron chi connectivity index (χ3n) is 4.85. The molecule has 2 unspecified atom stereocenters. The number of nitrogens with one attached hydrogen (secondary N) is 1. The molecule has 0 spiro atoms. The van der Waals surface area contributed by atoms with Gasteiger partial charge >= 0.3 is 5.97 Å². The Morgan fingerprint density at radius 2 is 2.09 bits per heavy atom. The van der Waals surface area contributed by atoms with Crippen molar-refractivity contribution in [2.45, 2.75) is 39.3 Å². The summed E-state index contributed by atoms with van der Waals surface area (Å²) in [5.41, 5.74) is 2.60. The number of rotatable bonds is 4. The molecule has 1 aliphatic rings. The molecular formula is C18H22N2O3. The summed E-state index contributed by atoms with van der Waals surface area (Å²) in [7, 11) is 0. The number of benzene rings is 1. The fourth-order valence-corrected chi connectivity index (χ4v) is 3.73. The van der Waals surface area contributed by atoms with E-state index in [0.29, 0.717) is 18.5 Å². The summed E-state index contributed by atoms with van der Waals surface area (Å²) in [6.07, 6.45) is 1.33. The van der Waals surface area contributed by atoms with Gasteiger partial charge in [-0.15, -0.1) is 0 Å². The molecule has 5 nitrogen and oxygen atoms in total. The van der Waals surface area contributed by atoms with Gasteiger partial charge in [0.2, 0.25) is 0 Å². The molecule has 3 rings (SSSR count). The molecule has 0 aliphatic carbocycles. The predicted molar refractivity (Wildman–Crippen MR) is 88.8 cm³/mol. The van der Waals surface area contributed by atoms with Gasteiger partial charge in [-0.1, -0.05) is 18.2 Å². The van der Waals surface area contributed by atoms with E-state index in [1.165, 1.54) is 0 Å². The molecule has 2 aromatic rings. The second-order valence-electron chi connectivity index (χ2n) is 6.10. The van der Waals surface area contributed by atoms with Crippen LogP contribution in [0.4, 0.5) is 0 Å². The van der Waals surface area contributed by atoms with Crippen LogP contribution < -0.4 is 5.32 Å². The summed E-state index contributed by atoms with van der Waals surface area (Å²) in [5, 5.41) is 13.5. The van der Waals surface area contributed by atoms with Gasteiger partial charge in [-0.25, -0.2) is 0 Å². The van der Waals surface area contributed by atoms with Crippen molar-refractivity contribution in [2.75, 3.05) is 6.54 Å². The van der Waals surface area contributed by atoms with Crippen LogP contribution in [0.15, 0.2) is 24.3 Å². The standard InChI is InChI=1S/C18H22N2O3/c1-3-20-11(2)15(12-7-4-5-9-14(12)20)17(21)16-13(18(22)23)8-6-10-19-16/h4-5,7,9,13,16,19H,3,6,8,10H2,1-2H3,(H,22,23). The lowest BCUT2D eigenvalue weighted by Gasteiger charge is -2.28. The maximum Gasteiger partial charge on any atom is 0.308 e. The second-order valence-corrected chi connectivity index (χ2v) is 6.10. The molecular weight excluding hydrogens is 292 g/mol. The summed E-state index contributed by atoms with van der Waals surface area (Å²) in [4.78, 5) is 24.7. The van der Waals surface area contributed by atoms with E-state index in [0.717, 1.165) is 29.6 Å². The number of hydrogen-bond donors (Lipinski definition) is 2. The Hall–Kier alpha value is -2.14. The number of ketones is 1. The number of carbonyl (C=O) groups is 2. The van der Waals surface area contributed by atoms with E-state index in [2.05, 4.69) is 9.88 Å². The first-order valence-corrected chi connectivity index (χ1v) is 8.14. The van der Waals surface area contributed by atoms with Gasteiger partial charge in [-0.3, -0.25) is 9.59 Å². The molecule has 1 aliphatic heterocycles. The van der Waals surface area contributed by atoms with Crippen molar-refractivity contribution in [3.63, 3.8) is 0 Å². The number of aromatic nitrogens is 1. The predicted octanol–water partition coefficient (Wildman–Crippen LogP) is 2.61. The van der Waals surface area contributed by atoms with E-state index in [9.17, 15) is 14.7 Å². The quantitative estimate of drug-likeness (QED) is 0.851. The molecule has 0 saturated carbocycles. The molecule has 0 radical (unpaired) electrons. The molecule has 2 heterocycles. The van der Waals surface area contributed by atoms with Crippen LogP contribution in [-0.4, -0.2) is 34.0 Å². The number of aliphatic carboxylic acids is 1. The van der Waals surface area contributed by atoms with Crippen LogP contribution in [-0.2, 0) is 11.3 Å². The number of carbonyl (C=O) groups excluding carboxylic acids is 1. The largest absolute Gasteiger partial charge is 0.481 e. The van der Waals surface area contributed by atoms with E-state index in [1.54, 1.807) is 0 Å². The molecule has 2 N–H and O–H groups in total. The van der Waals surface area contributed by atoms with Crippen LogP contribution >= 0.6 is 0 Å². The van der Waals surface area contributed by atoms with Crippen LogP contribution in [0, 0.1) is 12.8 Å². The van der Waals surface area contributed by atoms with Crippen LogP contribution in [0.5, 0.6) is 0 Å². The molecule has 2 atom stereocenters. The minimum Gasteiger partial charge on any atom is -0.481 e. The summed E-state index contributed by atoms with van der Waals surface area (Å²) in [6, 6.07) is 7.19. The molecule has 122 valence electrons. The highest BCUT2D eigenvalue weighted by atomic mass is 16.4. The van der Waals surface area contributed by atoms with Crippen LogP contribution in [0.2, 0.25) is 0 Å². The van der Waals surface area contributed by atoms with Crippen LogP contribution in [0.3, 0.4) is 0 Å². The first kappa shape index (κ1) is 15.7. The fourth-order valence-electron chi connectivity index (χ4n) is 3.73. The number of piperidine rings is 1. The zero-order chi connectivity index (χ0) is 16.6. The lowest BCUT2D eigenvalue weighted by molar-refractivity contribution is -0.143. The topological polar surface area (TPSA) is 71.3 Å². The average Bonchev–Trinajstić information content (AvgIpc) is 2.85. The summed E-state index contributed by atoms with van der Waals surface area (Å²) in [5.74, 6) is -1.65. The number of carboxylic acids is 1. The zero-order valence-corrected chi connectivity index (χ0v) is 13.5. The number of nitrogens with zero attached hydrogens (tertiary/aromatic N) is 1. The third kappa shape index (κ3) is 2.55. The normalized spacial score (nSPS) is 21.5. The smallest absolute Gasteiger partial charge is 0.308 e. The molecule has 0 bridgehead atoms. The maximum atomic E-state index is 13.1. The number of fused-ring (bicyclic) bond motifs is 1. The Bertz CT molecular complexity index is 763. The number of carboxylic acid groups (broad SMARTS) is 1. The first-order chi connectivity index (χ1) is 11.1. The van der Waals surface area contributed by atoms with Gasteiger partial charge in [-0.05, 0) is 39.3 Å². The number of Topliss-reactive ketones (excluding diaryl/α,β-unsaturated/α-hetero) is 1. The Labute approximate surface area is 135 Å². The van der Waals surface area contributed by atoms with Gasteiger partial charge in [0.05, 0.1) is 12.0 Å². The Balaban J connectivity index is 2.10. The number of para-hydroxylation sites is 1. The van der Waals surface area contributed by atoms with E-state index < -0.39 is 17.9 Å². The van der Waals surface area contributed by atoms with Gasteiger partial charge in [0, 0.05) is 28.7 Å². The summed E-state index contributed by atoms with van der Waals surface area (Å²) >= 11 is 0. The van der Waals surface area contributed by atoms with Crippen LogP contribution in [0.1, 0.15) is 35.8 Å².